The summed E-state index contributed by atoms with van der Waals surface area (Å²) in [4.78, 5) is 5.05. The van der Waals surface area contributed by atoms with Gasteiger partial charge in [-0.05, 0) is 42.8 Å². The van der Waals surface area contributed by atoms with E-state index in [4.69, 9.17) is 16.4 Å². The fourth-order valence-electron chi connectivity index (χ4n) is 3.44. The van der Waals surface area contributed by atoms with E-state index in [2.05, 4.69) is 10.3 Å². The molecule has 0 spiro atoms. The van der Waals surface area contributed by atoms with E-state index in [1.165, 1.54) is 22.9 Å². The van der Waals surface area contributed by atoms with Crippen molar-refractivity contribution < 1.29 is 18.0 Å². The molecule has 4 rings (SSSR count). The highest BCUT2D eigenvalue weighted by Gasteiger charge is 2.62. The summed E-state index contributed by atoms with van der Waals surface area (Å²) < 4.78 is 43.9. The van der Waals surface area contributed by atoms with Crippen LogP contribution in [0.1, 0.15) is 42.5 Å². The number of benzene rings is 2. The molecular formula is C23H20ClF3N4O. The zero-order valence-corrected chi connectivity index (χ0v) is 18.4. The molecule has 0 bridgehead atoms. The van der Waals surface area contributed by atoms with Gasteiger partial charge in [0, 0.05) is 35.0 Å². The minimum atomic E-state index is -4.73. The van der Waals surface area contributed by atoms with E-state index in [1.54, 1.807) is 43.6 Å². The fraction of sp³-hybridized carbons (Fsp3) is 0.261. The molecule has 166 valence electrons. The second kappa shape index (κ2) is 9.05. The van der Waals surface area contributed by atoms with Gasteiger partial charge in [-0.3, -0.25) is 0 Å². The molecule has 1 unspecified atom stereocenters. The predicted octanol–water partition coefficient (Wildman–Crippen LogP) is 6.31. The number of nitrogens with zero attached hydrogens (tertiary/aromatic N) is 4. The van der Waals surface area contributed by atoms with Crippen molar-refractivity contribution in [3.8, 4) is 11.8 Å². The third-order valence-corrected chi connectivity index (χ3v) is 5.11. The Morgan fingerprint density at radius 2 is 1.94 bits per heavy atom. The minimum Gasteiger partial charge on any atom is -0.374 e. The Bertz CT molecular complexity index is 1160. The molecule has 0 radical (unpaired) electrons. The Labute approximate surface area is 188 Å². The summed E-state index contributed by atoms with van der Waals surface area (Å²) in [5.74, 6) is 0. The van der Waals surface area contributed by atoms with Gasteiger partial charge in [0.2, 0.25) is 0 Å². The molecule has 32 heavy (non-hydrogen) atoms. The predicted molar refractivity (Wildman–Crippen MR) is 116 cm³/mol. The maximum absolute atomic E-state index is 14.1. The maximum Gasteiger partial charge on any atom is 0.435 e. The highest BCUT2D eigenvalue weighted by atomic mass is 35.5. The van der Waals surface area contributed by atoms with E-state index in [-0.39, 0.29) is 21.9 Å². The van der Waals surface area contributed by atoms with Crippen LogP contribution in [0.2, 0.25) is 5.02 Å². The van der Waals surface area contributed by atoms with Crippen LogP contribution >= 0.6 is 11.6 Å². The van der Waals surface area contributed by atoms with E-state index < -0.39 is 18.2 Å². The number of nitriles is 1. The number of alkyl halides is 3. The lowest BCUT2D eigenvalue weighted by Gasteiger charge is -2.29. The van der Waals surface area contributed by atoms with Gasteiger partial charge in [0.05, 0.1) is 17.0 Å². The van der Waals surface area contributed by atoms with Crippen molar-refractivity contribution in [2.75, 3.05) is 0 Å². The van der Waals surface area contributed by atoms with Crippen LogP contribution in [0.15, 0.2) is 60.0 Å². The third-order valence-electron chi connectivity index (χ3n) is 4.90. The summed E-state index contributed by atoms with van der Waals surface area (Å²) in [5.41, 5.74) is -0.965. The molecule has 0 fully saturated rings. The van der Waals surface area contributed by atoms with Crippen LogP contribution in [0, 0.1) is 18.3 Å². The molecule has 0 N–H and O–H groups in total. The largest absolute Gasteiger partial charge is 0.435 e. The Kier molecular flexibility index (Phi) is 6.60. The lowest BCUT2D eigenvalue weighted by atomic mass is 9.85. The van der Waals surface area contributed by atoms with Crippen molar-refractivity contribution >= 4 is 17.3 Å². The Morgan fingerprint density at radius 1 is 1.19 bits per heavy atom. The van der Waals surface area contributed by atoms with Crippen molar-refractivity contribution in [1.29, 1.82) is 5.26 Å². The summed E-state index contributed by atoms with van der Waals surface area (Å²) in [6, 6.07) is 12.6. The highest BCUT2D eigenvalue weighted by Crippen LogP contribution is 2.49. The van der Waals surface area contributed by atoms with Gasteiger partial charge in [0.25, 0.3) is 5.60 Å². The van der Waals surface area contributed by atoms with Crippen LogP contribution in [-0.4, -0.2) is 21.7 Å². The summed E-state index contributed by atoms with van der Waals surface area (Å²) in [6.07, 6.45) is -2.04. The summed E-state index contributed by atoms with van der Waals surface area (Å²) in [6.45, 7) is 5.66. The quantitative estimate of drug-likeness (QED) is 0.459. The van der Waals surface area contributed by atoms with Gasteiger partial charge < -0.3 is 4.84 Å². The number of aromatic nitrogens is 2. The summed E-state index contributed by atoms with van der Waals surface area (Å²) in [7, 11) is 0. The molecule has 0 saturated carbocycles. The van der Waals surface area contributed by atoms with E-state index in [9.17, 15) is 18.4 Å². The van der Waals surface area contributed by atoms with Crippen LogP contribution in [0.5, 0.6) is 0 Å². The van der Waals surface area contributed by atoms with E-state index in [1.807, 2.05) is 19.9 Å². The summed E-state index contributed by atoms with van der Waals surface area (Å²) in [5, 5.41) is 17.5. The Morgan fingerprint density at radius 3 is 2.53 bits per heavy atom. The molecule has 1 atom stereocenters. The second-order valence-corrected chi connectivity index (χ2v) is 7.38. The zero-order chi connectivity index (χ0) is 23.5. The van der Waals surface area contributed by atoms with Crippen LogP contribution in [-0.2, 0) is 10.4 Å². The smallest absolute Gasteiger partial charge is 0.374 e. The van der Waals surface area contributed by atoms with Crippen molar-refractivity contribution in [2.45, 2.75) is 39.0 Å². The van der Waals surface area contributed by atoms with E-state index in [0.29, 0.717) is 16.8 Å². The van der Waals surface area contributed by atoms with Crippen molar-refractivity contribution in [3.05, 3.63) is 82.1 Å². The molecule has 1 aliphatic rings. The number of oxime groups is 1. The molecule has 0 saturated heterocycles. The monoisotopic (exact) mass is 460 g/mol. The van der Waals surface area contributed by atoms with Gasteiger partial charge in [-0.1, -0.05) is 42.7 Å². The molecule has 0 amide bonds. The minimum absolute atomic E-state index is 0.0912. The lowest BCUT2D eigenvalue weighted by molar-refractivity contribution is -0.275. The molecule has 3 aromatic rings. The van der Waals surface area contributed by atoms with Crippen LogP contribution in [0.4, 0.5) is 13.2 Å². The standard InChI is InChI=1S/C21H14ClF3N4O.C2H6/c1-13-7-16(10-17(22)8-13)20(21(23,24)25)11-18(28-30-20)14-3-4-19(15(9-14)12-26)29-6-2-5-27-29;1-2/h2-10H,11H2,1H3;1-2H3. The van der Waals surface area contributed by atoms with Gasteiger partial charge in [0.1, 0.15) is 6.07 Å². The van der Waals surface area contributed by atoms with Crippen molar-refractivity contribution in [2.24, 2.45) is 5.16 Å². The van der Waals surface area contributed by atoms with Crippen LogP contribution in [0.25, 0.3) is 5.69 Å². The number of halogens is 4. The molecule has 2 aromatic carbocycles. The van der Waals surface area contributed by atoms with E-state index in [0.717, 1.165) is 0 Å². The first-order valence-electron chi connectivity index (χ1n) is 9.87. The number of aryl methyl sites for hydroxylation is 1. The van der Waals surface area contributed by atoms with Crippen molar-refractivity contribution in [1.82, 2.24) is 9.78 Å². The third kappa shape index (κ3) is 4.21. The molecule has 0 aliphatic carbocycles. The van der Waals surface area contributed by atoms with Gasteiger partial charge in [0.15, 0.2) is 0 Å². The number of hydrogen-bond donors (Lipinski definition) is 0. The van der Waals surface area contributed by atoms with Crippen molar-refractivity contribution in [3.63, 3.8) is 0 Å². The molecular weight excluding hydrogens is 441 g/mol. The number of hydrogen-bond acceptors (Lipinski definition) is 4. The van der Waals surface area contributed by atoms with Gasteiger partial charge >= 0.3 is 6.18 Å². The highest BCUT2D eigenvalue weighted by molar-refractivity contribution is 6.30. The van der Waals surface area contributed by atoms with Crippen LogP contribution < -0.4 is 0 Å². The average molecular weight is 461 g/mol. The second-order valence-electron chi connectivity index (χ2n) is 6.94. The first kappa shape index (κ1) is 23.4. The zero-order valence-electron chi connectivity index (χ0n) is 17.6. The molecule has 1 aromatic heterocycles. The Balaban J connectivity index is 0.00000141. The Hall–Kier alpha value is -3.31. The molecule has 5 nitrogen and oxygen atoms in total. The summed E-state index contributed by atoms with van der Waals surface area (Å²) >= 11 is 6.00. The average Bonchev–Trinajstić information content (AvgIpc) is 3.44. The van der Waals surface area contributed by atoms with Gasteiger partial charge in [-0.15, -0.1) is 0 Å². The first-order chi connectivity index (χ1) is 15.2. The topological polar surface area (TPSA) is 63.2 Å². The molecule has 1 aliphatic heterocycles. The molecule has 9 heteroatoms. The van der Waals surface area contributed by atoms with Gasteiger partial charge in [-0.25, -0.2) is 4.68 Å². The number of rotatable bonds is 3. The fourth-order valence-corrected chi connectivity index (χ4v) is 3.73. The normalized spacial score (nSPS) is 17.6. The molecule has 2 heterocycles. The van der Waals surface area contributed by atoms with Crippen LogP contribution in [0.3, 0.4) is 0 Å². The first-order valence-corrected chi connectivity index (χ1v) is 10.3. The lowest BCUT2D eigenvalue weighted by Crippen LogP contribution is -2.42. The van der Waals surface area contributed by atoms with Gasteiger partial charge in [-0.2, -0.15) is 23.5 Å². The maximum atomic E-state index is 14.1. The van der Waals surface area contributed by atoms with E-state index >= 15 is 0 Å². The SMILES string of the molecule is CC.Cc1cc(Cl)cc(C2(C(F)(F)F)CC(c3ccc(-n4cccn4)c(C#N)c3)=NO2)c1.